The van der Waals surface area contributed by atoms with Crippen molar-refractivity contribution >= 4 is 28.2 Å². The van der Waals surface area contributed by atoms with Crippen molar-refractivity contribution in [2.24, 2.45) is 0 Å². The van der Waals surface area contributed by atoms with Crippen molar-refractivity contribution in [1.29, 1.82) is 0 Å². The molecule has 8 heteroatoms. The van der Waals surface area contributed by atoms with Gasteiger partial charge in [0.05, 0.1) is 0 Å². The first kappa shape index (κ1) is 18.2. The number of carbonyl (C=O) groups excluding carboxylic acids is 1. The number of thiazole rings is 1. The zero-order chi connectivity index (χ0) is 18.5. The van der Waals surface area contributed by atoms with Crippen LogP contribution in [0.1, 0.15) is 6.42 Å². The molecule has 0 saturated carbocycles. The summed E-state index contributed by atoms with van der Waals surface area (Å²) in [6.07, 6.45) is 4.29. The van der Waals surface area contributed by atoms with Crippen LogP contribution in [0.15, 0.2) is 36.0 Å². The topological polar surface area (TPSA) is 55.8 Å². The second-order valence-electron chi connectivity index (χ2n) is 6.95. The SMILES string of the molecule is O=C(CCN1CCN(c2ccccn2)CC1)N1CCN(c2nccs2)CC1. The van der Waals surface area contributed by atoms with Gasteiger partial charge in [-0.1, -0.05) is 6.07 Å². The third-order valence-electron chi connectivity index (χ3n) is 5.31. The number of hydrogen-bond acceptors (Lipinski definition) is 7. The number of anilines is 2. The van der Waals surface area contributed by atoms with E-state index in [1.165, 1.54) is 0 Å². The van der Waals surface area contributed by atoms with E-state index in [4.69, 9.17) is 0 Å². The van der Waals surface area contributed by atoms with Gasteiger partial charge in [0.1, 0.15) is 5.82 Å². The summed E-state index contributed by atoms with van der Waals surface area (Å²) in [7, 11) is 0. The van der Waals surface area contributed by atoms with Crippen molar-refractivity contribution in [2.75, 3.05) is 68.7 Å². The fourth-order valence-electron chi connectivity index (χ4n) is 3.67. The van der Waals surface area contributed by atoms with Gasteiger partial charge in [0.25, 0.3) is 0 Å². The van der Waals surface area contributed by atoms with Gasteiger partial charge in [-0.2, -0.15) is 0 Å². The Morgan fingerprint density at radius 1 is 0.926 bits per heavy atom. The van der Waals surface area contributed by atoms with Gasteiger partial charge < -0.3 is 14.7 Å². The van der Waals surface area contributed by atoms with E-state index in [1.54, 1.807) is 11.3 Å². The molecule has 0 unspecified atom stereocenters. The number of amides is 1. The quantitative estimate of drug-likeness (QED) is 0.774. The van der Waals surface area contributed by atoms with Crippen molar-refractivity contribution in [3.05, 3.63) is 36.0 Å². The summed E-state index contributed by atoms with van der Waals surface area (Å²) in [4.78, 5) is 30.3. The summed E-state index contributed by atoms with van der Waals surface area (Å²) < 4.78 is 0. The summed E-state index contributed by atoms with van der Waals surface area (Å²) in [5.74, 6) is 1.33. The molecule has 0 spiro atoms. The number of pyridine rings is 1. The molecule has 4 rings (SSSR count). The monoisotopic (exact) mass is 386 g/mol. The smallest absolute Gasteiger partial charge is 0.223 e. The van der Waals surface area contributed by atoms with E-state index in [0.717, 1.165) is 69.9 Å². The van der Waals surface area contributed by atoms with E-state index >= 15 is 0 Å². The number of nitrogens with zero attached hydrogens (tertiary/aromatic N) is 6. The summed E-state index contributed by atoms with van der Waals surface area (Å²) >= 11 is 1.66. The van der Waals surface area contributed by atoms with Crippen molar-refractivity contribution in [3.63, 3.8) is 0 Å². The molecule has 1 amide bonds. The van der Waals surface area contributed by atoms with Gasteiger partial charge in [-0.05, 0) is 12.1 Å². The van der Waals surface area contributed by atoms with Crippen LogP contribution in [0.2, 0.25) is 0 Å². The molecule has 2 fully saturated rings. The van der Waals surface area contributed by atoms with E-state index in [9.17, 15) is 4.79 Å². The van der Waals surface area contributed by atoms with Crippen LogP contribution in [-0.2, 0) is 4.79 Å². The fraction of sp³-hybridized carbons (Fsp3) is 0.526. The summed E-state index contributed by atoms with van der Waals surface area (Å²) in [6, 6.07) is 6.04. The first-order chi connectivity index (χ1) is 13.3. The Morgan fingerprint density at radius 3 is 2.37 bits per heavy atom. The molecule has 4 heterocycles. The van der Waals surface area contributed by atoms with Gasteiger partial charge in [-0.25, -0.2) is 9.97 Å². The number of hydrogen-bond donors (Lipinski definition) is 0. The van der Waals surface area contributed by atoms with Crippen molar-refractivity contribution in [1.82, 2.24) is 19.8 Å². The van der Waals surface area contributed by atoms with Crippen LogP contribution in [0.3, 0.4) is 0 Å². The second kappa shape index (κ2) is 8.67. The molecule has 0 radical (unpaired) electrons. The molecule has 0 N–H and O–H groups in total. The third kappa shape index (κ3) is 4.56. The molecule has 144 valence electrons. The van der Waals surface area contributed by atoms with E-state index in [2.05, 4.69) is 30.7 Å². The zero-order valence-electron chi connectivity index (χ0n) is 15.5. The molecule has 2 aliphatic heterocycles. The second-order valence-corrected chi connectivity index (χ2v) is 7.82. The molecule has 27 heavy (non-hydrogen) atoms. The molecule has 2 aromatic rings. The molecule has 2 saturated heterocycles. The lowest BCUT2D eigenvalue weighted by atomic mass is 10.2. The first-order valence-corrected chi connectivity index (χ1v) is 10.5. The highest BCUT2D eigenvalue weighted by Crippen LogP contribution is 2.19. The predicted octanol–water partition coefficient (Wildman–Crippen LogP) is 1.40. The van der Waals surface area contributed by atoms with E-state index in [-0.39, 0.29) is 5.91 Å². The van der Waals surface area contributed by atoms with Crippen LogP contribution in [0.4, 0.5) is 10.9 Å². The highest BCUT2D eigenvalue weighted by molar-refractivity contribution is 7.13. The molecular formula is C19H26N6OS. The Kier molecular flexibility index (Phi) is 5.84. The average molecular weight is 387 g/mol. The highest BCUT2D eigenvalue weighted by Gasteiger charge is 2.23. The Balaban J connectivity index is 1.17. The standard InChI is InChI=1S/C19H26N6OS/c26-18(24-12-14-25(15-13-24)19-21-6-16-27-19)4-7-22-8-10-23(11-9-22)17-3-1-2-5-20-17/h1-3,5-6,16H,4,7-15H2. The maximum absolute atomic E-state index is 12.6. The van der Waals surface area contributed by atoms with Crippen molar-refractivity contribution in [3.8, 4) is 0 Å². The minimum absolute atomic E-state index is 0.279. The fourth-order valence-corrected chi connectivity index (χ4v) is 4.37. The highest BCUT2D eigenvalue weighted by atomic mass is 32.1. The predicted molar refractivity (Wildman–Crippen MR) is 108 cm³/mol. The van der Waals surface area contributed by atoms with Gasteiger partial charge in [0.15, 0.2) is 5.13 Å². The Hall–Kier alpha value is -2.19. The van der Waals surface area contributed by atoms with Crippen LogP contribution in [-0.4, -0.2) is 84.6 Å². The lowest BCUT2D eigenvalue weighted by Gasteiger charge is -2.37. The minimum Gasteiger partial charge on any atom is -0.354 e. The number of rotatable bonds is 5. The Morgan fingerprint density at radius 2 is 1.70 bits per heavy atom. The molecule has 0 aromatic carbocycles. The summed E-state index contributed by atoms with van der Waals surface area (Å²) in [6.45, 7) is 8.11. The Labute approximate surface area is 164 Å². The van der Waals surface area contributed by atoms with Gasteiger partial charge in [-0.3, -0.25) is 9.69 Å². The van der Waals surface area contributed by atoms with Crippen LogP contribution >= 0.6 is 11.3 Å². The number of carbonyl (C=O) groups is 1. The van der Waals surface area contributed by atoms with Crippen LogP contribution in [0.25, 0.3) is 0 Å². The van der Waals surface area contributed by atoms with Gasteiger partial charge in [0.2, 0.25) is 5.91 Å². The van der Waals surface area contributed by atoms with Crippen LogP contribution < -0.4 is 9.80 Å². The normalized spacial score (nSPS) is 18.7. The molecule has 0 aliphatic carbocycles. The van der Waals surface area contributed by atoms with E-state index < -0.39 is 0 Å². The van der Waals surface area contributed by atoms with E-state index in [0.29, 0.717) is 6.42 Å². The van der Waals surface area contributed by atoms with Gasteiger partial charge in [-0.15, -0.1) is 11.3 Å². The maximum atomic E-state index is 12.6. The minimum atomic E-state index is 0.279. The summed E-state index contributed by atoms with van der Waals surface area (Å²) in [5, 5.41) is 3.06. The Bertz CT molecular complexity index is 709. The van der Waals surface area contributed by atoms with Crippen molar-refractivity contribution in [2.45, 2.75) is 6.42 Å². The van der Waals surface area contributed by atoms with Gasteiger partial charge >= 0.3 is 0 Å². The molecule has 0 atom stereocenters. The number of piperazine rings is 2. The van der Waals surface area contributed by atoms with E-state index in [1.807, 2.05) is 34.8 Å². The first-order valence-electron chi connectivity index (χ1n) is 9.60. The lowest BCUT2D eigenvalue weighted by molar-refractivity contribution is -0.131. The van der Waals surface area contributed by atoms with Gasteiger partial charge in [0, 0.05) is 83.1 Å². The largest absolute Gasteiger partial charge is 0.354 e. The van der Waals surface area contributed by atoms with Crippen LogP contribution in [0, 0.1) is 0 Å². The third-order valence-corrected chi connectivity index (χ3v) is 6.14. The molecular weight excluding hydrogens is 360 g/mol. The molecule has 0 bridgehead atoms. The molecule has 7 nitrogen and oxygen atoms in total. The summed E-state index contributed by atoms with van der Waals surface area (Å²) in [5.41, 5.74) is 0. The maximum Gasteiger partial charge on any atom is 0.223 e. The average Bonchev–Trinajstić information content (AvgIpc) is 3.28. The van der Waals surface area contributed by atoms with Crippen LogP contribution in [0.5, 0.6) is 0 Å². The molecule has 2 aromatic heterocycles. The zero-order valence-corrected chi connectivity index (χ0v) is 16.4. The number of aromatic nitrogens is 2. The van der Waals surface area contributed by atoms with Crippen molar-refractivity contribution < 1.29 is 4.79 Å². The lowest BCUT2D eigenvalue weighted by Crippen LogP contribution is -2.50. The molecule has 2 aliphatic rings.